The smallest absolute Gasteiger partial charge is 0.312 e. The lowest BCUT2D eigenvalue weighted by Crippen LogP contribution is -2.48. The normalized spacial score (nSPS) is 19.2. The fourth-order valence-corrected chi connectivity index (χ4v) is 5.52. The van der Waals surface area contributed by atoms with Crippen molar-refractivity contribution in [2.45, 2.75) is 23.8 Å². The van der Waals surface area contributed by atoms with Crippen molar-refractivity contribution in [2.24, 2.45) is 0 Å². The van der Waals surface area contributed by atoms with E-state index in [-0.39, 0.29) is 29.4 Å². The summed E-state index contributed by atoms with van der Waals surface area (Å²) in [5, 5.41) is 0. The van der Waals surface area contributed by atoms with Crippen LogP contribution in [0, 0.1) is 0 Å². The summed E-state index contributed by atoms with van der Waals surface area (Å²) in [6.45, 7) is 0.649. The first kappa shape index (κ1) is 20.1. The molecule has 3 amide bonds. The van der Waals surface area contributed by atoms with Gasteiger partial charge < -0.3 is 4.90 Å². The van der Waals surface area contributed by atoms with Crippen molar-refractivity contribution < 1.29 is 18.0 Å². The van der Waals surface area contributed by atoms with Gasteiger partial charge in [-0.2, -0.15) is 4.31 Å². The Kier molecular flexibility index (Phi) is 5.46. The molecule has 4 rings (SSSR count). The second-order valence-corrected chi connectivity index (χ2v) is 9.92. The molecule has 29 heavy (non-hydrogen) atoms. The van der Waals surface area contributed by atoms with Crippen molar-refractivity contribution in [1.29, 1.82) is 0 Å². The average molecular weight is 478 g/mol. The van der Waals surface area contributed by atoms with Gasteiger partial charge in [0.05, 0.1) is 10.6 Å². The zero-order valence-corrected chi connectivity index (χ0v) is 18.0. The number of carbonyl (C=O) groups is 2. The van der Waals surface area contributed by atoms with E-state index in [0.29, 0.717) is 31.6 Å². The van der Waals surface area contributed by atoms with Gasteiger partial charge >= 0.3 is 6.03 Å². The summed E-state index contributed by atoms with van der Waals surface area (Å²) in [4.78, 5) is 28.3. The van der Waals surface area contributed by atoms with Crippen LogP contribution in [0.3, 0.4) is 0 Å². The van der Waals surface area contributed by atoms with Crippen LogP contribution in [0.25, 0.3) is 0 Å². The number of carbonyl (C=O) groups excluding carboxylic acids is 2. The quantitative estimate of drug-likeness (QED) is 0.633. The molecule has 2 heterocycles. The summed E-state index contributed by atoms with van der Waals surface area (Å²) in [6, 6.07) is 14.9. The van der Waals surface area contributed by atoms with E-state index in [1.165, 1.54) is 9.21 Å². The summed E-state index contributed by atoms with van der Waals surface area (Å²) >= 11 is 3.31. The van der Waals surface area contributed by atoms with Crippen molar-refractivity contribution in [3.8, 4) is 0 Å². The molecule has 0 spiro atoms. The third-order valence-electron chi connectivity index (χ3n) is 5.32. The molecule has 2 aliphatic heterocycles. The Bertz CT molecular complexity index is 1020. The molecule has 0 aromatic heterocycles. The number of hydrogen-bond donors (Lipinski definition) is 0. The first-order valence-electron chi connectivity index (χ1n) is 9.32. The van der Waals surface area contributed by atoms with Gasteiger partial charge in [0, 0.05) is 23.6 Å². The van der Waals surface area contributed by atoms with Crippen LogP contribution in [0.1, 0.15) is 12.8 Å². The highest BCUT2D eigenvalue weighted by atomic mass is 79.9. The van der Waals surface area contributed by atoms with E-state index in [1.54, 1.807) is 53.4 Å². The third kappa shape index (κ3) is 3.82. The molecule has 9 heteroatoms. The van der Waals surface area contributed by atoms with Gasteiger partial charge in [0.1, 0.15) is 6.54 Å². The molecule has 0 radical (unpaired) electrons. The number of para-hydroxylation sites is 1. The Labute approximate surface area is 178 Å². The maximum atomic E-state index is 12.8. The highest BCUT2D eigenvalue weighted by Gasteiger charge is 2.42. The van der Waals surface area contributed by atoms with E-state index in [1.807, 2.05) is 6.07 Å². The lowest BCUT2D eigenvalue weighted by atomic mass is 10.1. The summed E-state index contributed by atoms with van der Waals surface area (Å²) in [5.41, 5.74) is 0.556. The van der Waals surface area contributed by atoms with E-state index < -0.39 is 10.0 Å². The van der Waals surface area contributed by atoms with Crippen LogP contribution in [0.4, 0.5) is 10.5 Å². The molecule has 2 fully saturated rings. The molecule has 0 bridgehead atoms. The number of anilines is 1. The van der Waals surface area contributed by atoms with Crippen LogP contribution in [-0.4, -0.2) is 55.2 Å². The van der Waals surface area contributed by atoms with Crippen molar-refractivity contribution in [3.63, 3.8) is 0 Å². The Morgan fingerprint density at radius 1 is 0.897 bits per heavy atom. The first-order chi connectivity index (χ1) is 13.9. The molecule has 0 saturated carbocycles. The van der Waals surface area contributed by atoms with Gasteiger partial charge in [-0.25, -0.2) is 18.1 Å². The van der Waals surface area contributed by atoms with Gasteiger partial charge in [0.2, 0.25) is 10.0 Å². The monoisotopic (exact) mass is 477 g/mol. The van der Waals surface area contributed by atoms with Gasteiger partial charge in [-0.15, -0.1) is 0 Å². The van der Waals surface area contributed by atoms with Crippen LogP contribution >= 0.6 is 15.9 Å². The van der Waals surface area contributed by atoms with E-state index >= 15 is 0 Å². The van der Waals surface area contributed by atoms with E-state index in [4.69, 9.17) is 0 Å². The zero-order valence-electron chi connectivity index (χ0n) is 15.6. The van der Waals surface area contributed by atoms with Gasteiger partial charge in [-0.1, -0.05) is 34.1 Å². The predicted molar refractivity (Wildman–Crippen MR) is 112 cm³/mol. The summed E-state index contributed by atoms with van der Waals surface area (Å²) < 4.78 is 28.0. The summed E-state index contributed by atoms with van der Waals surface area (Å²) in [6.07, 6.45) is 0.995. The molecule has 2 aromatic carbocycles. The fourth-order valence-electron chi connectivity index (χ4n) is 3.79. The fraction of sp³-hybridized carbons (Fsp3) is 0.300. The number of urea groups is 1. The second-order valence-electron chi connectivity index (χ2n) is 7.06. The Morgan fingerprint density at radius 2 is 1.52 bits per heavy atom. The highest BCUT2D eigenvalue weighted by molar-refractivity contribution is 9.10. The minimum Gasteiger partial charge on any atom is -0.312 e. The van der Waals surface area contributed by atoms with Crippen LogP contribution in [0.15, 0.2) is 64.0 Å². The molecule has 2 aromatic rings. The standard InChI is InChI=1S/C20H20BrN3O4S/c21-15-6-8-18(9-7-15)29(27,28)22-12-10-16(11-13-22)23-14-19(25)24(20(23)26)17-4-2-1-3-5-17/h1-9,16H,10-14H2. The van der Waals surface area contributed by atoms with Gasteiger partial charge in [-0.3, -0.25) is 4.79 Å². The number of piperidine rings is 1. The molecule has 2 aliphatic rings. The highest BCUT2D eigenvalue weighted by Crippen LogP contribution is 2.28. The molecule has 152 valence electrons. The molecular weight excluding hydrogens is 458 g/mol. The minimum atomic E-state index is -3.57. The number of sulfonamides is 1. The topological polar surface area (TPSA) is 78.0 Å². The maximum absolute atomic E-state index is 12.8. The SMILES string of the molecule is O=C1CN(C2CCN(S(=O)(=O)c3ccc(Br)cc3)CC2)C(=O)N1c1ccccc1. The molecule has 0 unspecified atom stereocenters. The average Bonchev–Trinajstić information content (AvgIpc) is 3.03. The first-order valence-corrected chi connectivity index (χ1v) is 11.6. The number of benzene rings is 2. The largest absolute Gasteiger partial charge is 0.332 e. The van der Waals surface area contributed by atoms with E-state index in [2.05, 4.69) is 15.9 Å². The summed E-state index contributed by atoms with van der Waals surface area (Å²) in [7, 11) is -3.57. The lowest BCUT2D eigenvalue weighted by Gasteiger charge is -2.35. The van der Waals surface area contributed by atoms with Crippen LogP contribution < -0.4 is 4.90 Å². The van der Waals surface area contributed by atoms with E-state index in [0.717, 1.165) is 4.47 Å². The van der Waals surface area contributed by atoms with Crippen LogP contribution in [-0.2, 0) is 14.8 Å². The van der Waals surface area contributed by atoms with Crippen LogP contribution in [0.2, 0.25) is 0 Å². The second kappa shape index (κ2) is 7.89. The number of hydrogen-bond acceptors (Lipinski definition) is 4. The van der Waals surface area contributed by atoms with E-state index in [9.17, 15) is 18.0 Å². The summed E-state index contributed by atoms with van der Waals surface area (Å²) in [5.74, 6) is -0.258. The minimum absolute atomic E-state index is 0.0257. The van der Waals surface area contributed by atoms with Crippen molar-refractivity contribution in [2.75, 3.05) is 24.5 Å². The van der Waals surface area contributed by atoms with Gasteiger partial charge in [-0.05, 0) is 49.2 Å². The molecule has 0 N–H and O–H groups in total. The van der Waals surface area contributed by atoms with Gasteiger partial charge in [0.25, 0.3) is 5.91 Å². The third-order valence-corrected chi connectivity index (χ3v) is 7.76. The van der Waals surface area contributed by atoms with Gasteiger partial charge in [0.15, 0.2) is 0 Å². The predicted octanol–water partition coefficient (Wildman–Crippen LogP) is 3.07. The van der Waals surface area contributed by atoms with Crippen LogP contribution in [0.5, 0.6) is 0 Å². The molecular formula is C20H20BrN3O4S. The number of rotatable bonds is 4. The van der Waals surface area contributed by atoms with Crippen molar-refractivity contribution >= 4 is 43.6 Å². The van der Waals surface area contributed by atoms with Crippen molar-refractivity contribution in [1.82, 2.24) is 9.21 Å². The molecule has 0 aliphatic carbocycles. The maximum Gasteiger partial charge on any atom is 0.332 e. The number of nitrogens with zero attached hydrogens (tertiary/aromatic N) is 3. The Balaban J connectivity index is 1.44. The molecule has 2 saturated heterocycles. The Hall–Kier alpha value is -2.23. The lowest BCUT2D eigenvalue weighted by molar-refractivity contribution is -0.116. The Morgan fingerprint density at radius 3 is 2.14 bits per heavy atom. The number of halogens is 1. The number of imide groups is 1. The number of amides is 3. The molecule has 0 atom stereocenters. The molecule has 7 nitrogen and oxygen atoms in total. The van der Waals surface area contributed by atoms with Crippen molar-refractivity contribution in [3.05, 3.63) is 59.1 Å². The zero-order chi connectivity index (χ0) is 20.6.